The van der Waals surface area contributed by atoms with E-state index >= 15 is 0 Å². The first-order valence-electron chi connectivity index (χ1n) is 12.7. The van der Waals surface area contributed by atoms with Gasteiger partial charge >= 0.3 is 6.09 Å². The molecule has 0 fully saturated rings. The number of rotatable bonds is 13. The van der Waals surface area contributed by atoms with E-state index in [1.807, 2.05) is 58.0 Å². The first kappa shape index (κ1) is 28.4. The van der Waals surface area contributed by atoms with Crippen LogP contribution in [-0.4, -0.2) is 55.1 Å². The molecule has 0 saturated heterocycles. The summed E-state index contributed by atoms with van der Waals surface area (Å²) in [4.78, 5) is 43.3. The van der Waals surface area contributed by atoms with Crippen molar-refractivity contribution in [3.8, 4) is 11.5 Å². The van der Waals surface area contributed by atoms with E-state index in [0.717, 1.165) is 5.56 Å². The number of nitrogens with zero attached hydrogens (tertiary/aromatic N) is 5. The minimum Gasteiger partial charge on any atom is -0.445 e. The van der Waals surface area contributed by atoms with Crippen molar-refractivity contribution in [1.82, 2.24) is 35.8 Å². The maximum absolute atomic E-state index is 13.3. The van der Waals surface area contributed by atoms with Gasteiger partial charge in [0.1, 0.15) is 24.9 Å². The number of Topliss-reactive ketones (excluding diaryl/α,β-unsaturated/α-hetero) is 1. The molecule has 0 radical (unpaired) electrons. The first-order chi connectivity index (χ1) is 18.2. The van der Waals surface area contributed by atoms with Crippen molar-refractivity contribution >= 4 is 17.8 Å². The van der Waals surface area contributed by atoms with Gasteiger partial charge in [-0.3, -0.25) is 14.6 Å². The Balaban J connectivity index is 1.68. The zero-order chi connectivity index (χ0) is 27.5. The van der Waals surface area contributed by atoms with Crippen LogP contribution in [0.25, 0.3) is 11.5 Å². The molecule has 202 valence electrons. The standard InChI is InChI=1S/C27H35N7O4/c1-18(2)14-22(24(35)16-34-25(31-32-33-34)21-12-8-9-13-28-21)29-26(36)23(15-19(3)4)30-27(37)38-17-20-10-6-5-7-11-20/h5-13,18-19,22-23H,14-17H2,1-4H3,(H,29,36)(H,30,37)/t22-,23-/m0/s1. The summed E-state index contributed by atoms with van der Waals surface area (Å²) < 4.78 is 6.67. The molecule has 3 aromatic rings. The molecule has 0 spiro atoms. The second-order valence-electron chi connectivity index (χ2n) is 9.92. The molecule has 2 N–H and O–H groups in total. The molecule has 2 atom stereocenters. The van der Waals surface area contributed by atoms with Crippen LogP contribution in [0, 0.1) is 11.8 Å². The second kappa shape index (κ2) is 14.0. The monoisotopic (exact) mass is 521 g/mol. The smallest absolute Gasteiger partial charge is 0.408 e. The maximum atomic E-state index is 13.3. The van der Waals surface area contributed by atoms with Crippen LogP contribution < -0.4 is 10.6 Å². The number of ketones is 1. The van der Waals surface area contributed by atoms with E-state index < -0.39 is 24.1 Å². The van der Waals surface area contributed by atoms with Gasteiger partial charge in [0, 0.05) is 6.20 Å². The molecule has 0 bridgehead atoms. The molecule has 0 unspecified atom stereocenters. The van der Waals surface area contributed by atoms with Gasteiger partial charge in [-0.15, -0.1) is 5.10 Å². The highest BCUT2D eigenvalue weighted by molar-refractivity contribution is 5.92. The van der Waals surface area contributed by atoms with Crippen LogP contribution in [-0.2, 0) is 27.5 Å². The van der Waals surface area contributed by atoms with E-state index in [-0.39, 0.29) is 30.8 Å². The highest BCUT2D eigenvalue weighted by atomic mass is 16.5. The van der Waals surface area contributed by atoms with Crippen molar-refractivity contribution in [2.24, 2.45) is 11.8 Å². The lowest BCUT2D eigenvalue weighted by Gasteiger charge is -2.24. The van der Waals surface area contributed by atoms with Crippen LogP contribution in [0.5, 0.6) is 0 Å². The molecule has 2 heterocycles. The molecule has 0 aliphatic heterocycles. The third-order valence-corrected chi connectivity index (χ3v) is 5.67. The number of tetrazole rings is 1. The van der Waals surface area contributed by atoms with E-state index in [4.69, 9.17) is 4.74 Å². The summed E-state index contributed by atoms with van der Waals surface area (Å²) in [6, 6.07) is 12.9. The Morgan fingerprint density at radius 3 is 2.24 bits per heavy atom. The van der Waals surface area contributed by atoms with Gasteiger partial charge in [-0.1, -0.05) is 64.1 Å². The summed E-state index contributed by atoms with van der Waals surface area (Å²) in [7, 11) is 0. The van der Waals surface area contributed by atoms with Gasteiger partial charge in [-0.2, -0.15) is 0 Å². The third-order valence-electron chi connectivity index (χ3n) is 5.67. The Morgan fingerprint density at radius 2 is 1.58 bits per heavy atom. The van der Waals surface area contributed by atoms with Crippen molar-refractivity contribution in [1.29, 1.82) is 0 Å². The number of benzene rings is 1. The summed E-state index contributed by atoms with van der Waals surface area (Å²) >= 11 is 0. The fourth-order valence-corrected chi connectivity index (χ4v) is 3.87. The van der Waals surface area contributed by atoms with Crippen LogP contribution in [0.15, 0.2) is 54.7 Å². The molecular weight excluding hydrogens is 486 g/mol. The molecule has 38 heavy (non-hydrogen) atoms. The summed E-state index contributed by atoms with van der Waals surface area (Å²) in [6.07, 6.45) is 1.71. The van der Waals surface area contributed by atoms with E-state index in [9.17, 15) is 14.4 Å². The van der Waals surface area contributed by atoms with Crippen molar-refractivity contribution in [2.45, 2.75) is 65.8 Å². The highest BCUT2D eigenvalue weighted by Crippen LogP contribution is 2.14. The fraction of sp³-hybridized carbons (Fsp3) is 0.444. The van der Waals surface area contributed by atoms with Crippen LogP contribution in [0.3, 0.4) is 0 Å². The lowest BCUT2D eigenvalue weighted by atomic mass is 9.98. The molecule has 2 amide bonds. The Kier molecular flexibility index (Phi) is 10.4. The minimum absolute atomic E-state index is 0.0850. The number of nitrogens with one attached hydrogen (secondary N) is 2. The Hall–Kier alpha value is -4.15. The number of hydrogen-bond acceptors (Lipinski definition) is 8. The van der Waals surface area contributed by atoms with Crippen LogP contribution >= 0.6 is 0 Å². The number of hydrogen-bond donors (Lipinski definition) is 2. The lowest BCUT2D eigenvalue weighted by Crippen LogP contribution is -2.52. The average molecular weight is 522 g/mol. The SMILES string of the molecule is CC(C)C[C@H](NC(=O)[C@H](CC(C)C)NC(=O)OCc1ccccc1)C(=O)Cn1nnnc1-c1ccccn1. The van der Waals surface area contributed by atoms with Crippen molar-refractivity contribution in [3.63, 3.8) is 0 Å². The van der Waals surface area contributed by atoms with Gasteiger partial charge in [0.15, 0.2) is 5.78 Å². The van der Waals surface area contributed by atoms with Gasteiger partial charge in [-0.05, 0) is 52.8 Å². The zero-order valence-corrected chi connectivity index (χ0v) is 22.2. The summed E-state index contributed by atoms with van der Waals surface area (Å²) in [5.74, 6) is -0.112. The largest absolute Gasteiger partial charge is 0.445 e. The number of pyridine rings is 1. The quantitative estimate of drug-likeness (QED) is 0.349. The second-order valence-corrected chi connectivity index (χ2v) is 9.92. The lowest BCUT2D eigenvalue weighted by molar-refractivity contribution is -0.129. The Bertz CT molecular complexity index is 1180. The number of carbonyl (C=O) groups is 3. The van der Waals surface area contributed by atoms with Gasteiger partial charge < -0.3 is 15.4 Å². The van der Waals surface area contributed by atoms with Gasteiger partial charge in [0.25, 0.3) is 0 Å². The molecule has 0 aliphatic rings. The summed E-state index contributed by atoms with van der Waals surface area (Å²) in [5.41, 5.74) is 1.37. The molecule has 11 nitrogen and oxygen atoms in total. The predicted molar refractivity (Wildman–Crippen MR) is 140 cm³/mol. The molecule has 11 heteroatoms. The van der Waals surface area contributed by atoms with Crippen LogP contribution in [0.1, 0.15) is 46.1 Å². The average Bonchev–Trinajstić information content (AvgIpc) is 3.35. The van der Waals surface area contributed by atoms with Crippen molar-refractivity contribution in [2.75, 3.05) is 0 Å². The topological polar surface area (TPSA) is 141 Å². The van der Waals surface area contributed by atoms with Gasteiger partial charge in [0.2, 0.25) is 11.7 Å². The number of ether oxygens (including phenoxy) is 1. The molecule has 1 aromatic carbocycles. The maximum Gasteiger partial charge on any atom is 0.408 e. The van der Waals surface area contributed by atoms with E-state index in [0.29, 0.717) is 24.4 Å². The number of carbonyl (C=O) groups excluding carboxylic acids is 3. The fourth-order valence-electron chi connectivity index (χ4n) is 3.87. The third kappa shape index (κ3) is 8.75. The number of alkyl carbamates (subject to hydrolysis) is 1. The first-order valence-corrected chi connectivity index (χ1v) is 12.7. The number of amides is 2. The summed E-state index contributed by atoms with van der Waals surface area (Å²) in [5, 5.41) is 17.1. The normalized spacial score (nSPS) is 12.7. The van der Waals surface area contributed by atoms with Crippen molar-refractivity contribution < 1.29 is 19.1 Å². The van der Waals surface area contributed by atoms with Crippen molar-refractivity contribution in [3.05, 3.63) is 60.3 Å². The predicted octanol–water partition coefficient (Wildman–Crippen LogP) is 3.18. The Labute approximate surface area is 222 Å². The van der Waals surface area contributed by atoms with E-state index in [1.54, 1.807) is 24.4 Å². The van der Waals surface area contributed by atoms with Gasteiger partial charge in [-0.25, -0.2) is 9.48 Å². The zero-order valence-electron chi connectivity index (χ0n) is 22.2. The molecule has 2 aromatic heterocycles. The van der Waals surface area contributed by atoms with Gasteiger partial charge in [0.05, 0.1) is 6.04 Å². The Morgan fingerprint density at radius 1 is 0.895 bits per heavy atom. The summed E-state index contributed by atoms with van der Waals surface area (Å²) in [6.45, 7) is 7.77. The molecule has 0 saturated carbocycles. The minimum atomic E-state index is -0.863. The highest BCUT2D eigenvalue weighted by Gasteiger charge is 2.29. The number of aromatic nitrogens is 5. The van der Waals surface area contributed by atoms with E-state index in [1.165, 1.54) is 4.68 Å². The van der Waals surface area contributed by atoms with Crippen LogP contribution in [0.2, 0.25) is 0 Å². The molecule has 0 aliphatic carbocycles. The van der Waals surface area contributed by atoms with E-state index in [2.05, 4.69) is 31.1 Å². The van der Waals surface area contributed by atoms with Crippen LogP contribution in [0.4, 0.5) is 4.79 Å². The molecular formula is C27H35N7O4. The molecule has 3 rings (SSSR count).